The highest BCUT2D eigenvalue weighted by molar-refractivity contribution is 7.47. The SMILES string of the molecule is CCCCCCC/C=C\C/C=C\C/C=C\CCCCCCCCCCCOCC(COP(=O)(O)OCC[N+](C)(C)C)OC(=O)CCCCCCCCCCCCC/C=C\CCCCCCCCCC. The molecule has 0 bridgehead atoms. The zero-order valence-electron chi connectivity index (χ0n) is 46.3. The van der Waals surface area contributed by atoms with Crippen LogP contribution in [0.5, 0.6) is 0 Å². The summed E-state index contributed by atoms with van der Waals surface area (Å²) in [6.07, 6.45) is 67.4. The molecular formula is C60H115NO7P+. The van der Waals surface area contributed by atoms with E-state index in [2.05, 4.69) is 62.5 Å². The number of carbonyl (C=O) groups excluding carboxylic acids is 1. The second kappa shape index (κ2) is 52.8. The van der Waals surface area contributed by atoms with Crippen LogP contribution in [-0.4, -0.2) is 75.6 Å². The second-order valence-electron chi connectivity index (χ2n) is 21.0. The van der Waals surface area contributed by atoms with Crippen LogP contribution >= 0.6 is 7.82 Å². The third-order valence-electron chi connectivity index (χ3n) is 12.9. The molecule has 0 aliphatic carbocycles. The Morgan fingerprint density at radius 1 is 0.449 bits per heavy atom. The van der Waals surface area contributed by atoms with Gasteiger partial charge in [-0.05, 0) is 77.0 Å². The van der Waals surface area contributed by atoms with Gasteiger partial charge < -0.3 is 18.9 Å². The summed E-state index contributed by atoms with van der Waals surface area (Å²) in [6, 6.07) is 0. The van der Waals surface area contributed by atoms with Crippen molar-refractivity contribution in [1.82, 2.24) is 0 Å². The number of phosphoric ester groups is 1. The van der Waals surface area contributed by atoms with Gasteiger partial charge in [0.2, 0.25) is 0 Å². The molecule has 0 heterocycles. The van der Waals surface area contributed by atoms with Gasteiger partial charge in [0, 0.05) is 13.0 Å². The van der Waals surface area contributed by atoms with Crippen LogP contribution in [0, 0.1) is 0 Å². The summed E-state index contributed by atoms with van der Waals surface area (Å²) >= 11 is 0. The Labute approximate surface area is 428 Å². The van der Waals surface area contributed by atoms with Crippen LogP contribution in [0.4, 0.5) is 0 Å². The van der Waals surface area contributed by atoms with Crippen molar-refractivity contribution in [2.75, 3.05) is 54.1 Å². The van der Waals surface area contributed by atoms with Gasteiger partial charge in [-0.1, -0.05) is 236 Å². The fourth-order valence-corrected chi connectivity index (χ4v) is 9.06. The molecule has 0 aromatic carbocycles. The lowest BCUT2D eigenvalue weighted by Crippen LogP contribution is -2.37. The number of rotatable bonds is 55. The van der Waals surface area contributed by atoms with Gasteiger partial charge in [-0.15, -0.1) is 0 Å². The summed E-state index contributed by atoms with van der Waals surface area (Å²) in [5.41, 5.74) is 0. The number of quaternary nitrogens is 1. The second-order valence-corrected chi connectivity index (χ2v) is 22.5. The Hall–Kier alpha value is -1.54. The fourth-order valence-electron chi connectivity index (χ4n) is 8.32. The molecule has 0 saturated heterocycles. The number of ether oxygens (including phenoxy) is 2. The molecule has 0 amide bonds. The van der Waals surface area contributed by atoms with Crippen molar-refractivity contribution < 1.29 is 37.3 Å². The Kier molecular flexibility index (Phi) is 51.6. The van der Waals surface area contributed by atoms with E-state index >= 15 is 0 Å². The number of hydrogen-bond acceptors (Lipinski definition) is 6. The van der Waals surface area contributed by atoms with E-state index in [-0.39, 0.29) is 25.8 Å². The maximum absolute atomic E-state index is 12.8. The monoisotopic (exact) mass is 993 g/mol. The third-order valence-corrected chi connectivity index (χ3v) is 13.8. The van der Waals surface area contributed by atoms with Crippen molar-refractivity contribution in [2.45, 2.75) is 277 Å². The standard InChI is InChI=1S/C60H114NO7P/c1-6-8-10-12-14-16-18-20-22-24-26-28-30-32-34-36-38-40-42-44-46-48-50-52-55-65-57-59(58-67-69(63,64)66-56-54-61(3,4)5)68-60(62)53-51-49-47-45-43-41-39-37-35-33-31-29-27-25-23-21-19-17-15-13-11-9-7-2/h18,20,24-27,30,32,59H,6-17,19,21-23,28-29,31,33-58H2,1-5H3/p+1/b20-18-,26-24-,27-25-,32-30-. The Bertz CT molecular complexity index is 1240. The zero-order chi connectivity index (χ0) is 50.5. The van der Waals surface area contributed by atoms with E-state index < -0.39 is 13.9 Å². The van der Waals surface area contributed by atoms with Crippen LogP contribution in [0.1, 0.15) is 271 Å². The highest BCUT2D eigenvalue weighted by Gasteiger charge is 2.26. The van der Waals surface area contributed by atoms with E-state index in [1.807, 2.05) is 21.1 Å². The number of carbonyl (C=O) groups is 1. The maximum Gasteiger partial charge on any atom is 0.472 e. The number of nitrogens with zero attached hydrogens (tertiary/aromatic N) is 1. The van der Waals surface area contributed by atoms with Crippen LogP contribution in [0.25, 0.3) is 0 Å². The number of unbranched alkanes of at least 4 members (excludes halogenated alkanes) is 33. The maximum atomic E-state index is 12.8. The minimum absolute atomic E-state index is 0.0870. The minimum Gasteiger partial charge on any atom is -0.457 e. The first-order valence-corrected chi connectivity index (χ1v) is 30.9. The minimum atomic E-state index is -4.29. The quantitative estimate of drug-likeness (QED) is 0.0213. The molecule has 406 valence electrons. The van der Waals surface area contributed by atoms with Crippen LogP contribution in [-0.2, 0) is 27.9 Å². The normalized spacial score (nSPS) is 13.8. The van der Waals surface area contributed by atoms with E-state index in [0.717, 1.165) is 44.9 Å². The lowest BCUT2D eigenvalue weighted by atomic mass is 10.0. The summed E-state index contributed by atoms with van der Waals surface area (Å²) in [5, 5.41) is 0. The Balaban J connectivity index is 4.08. The summed E-state index contributed by atoms with van der Waals surface area (Å²) in [6.45, 7) is 5.64. The van der Waals surface area contributed by atoms with E-state index in [4.69, 9.17) is 18.5 Å². The smallest absolute Gasteiger partial charge is 0.457 e. The fraction of sp³-hybridized carbons (Fsp3) is 0.850. The lowest BCUT2D eigenvalue weighted by Gasteiger charge is -2.24. The molecular weight excluding hydrogens is 878 g/mol. The molecule has 0 aliphatic heterocycles. The average molecular weight is 994 g/mol. The molecule has 0 radical (unpaired) electrons. The van der Waals surface area contributed by atoms with Crippen molar-refractivity contribution in [3.05, 3.63) is 48.6 Å². The molecule has 0 aromatic rings. The van der Waals surface area contributed by atoms with Gasteiger partial charge in [-0.2, -0.15) is 0 Å². The predicted octanol–water partition coefficient (Wildman–Crippen LogP) is 18.6. The van der Waals surface area contributed by atoms with Gasteiger partial charge in [-0.3, -0.25) is 13.8 Å². The molecule has 69 heavy (non-hydrogen) atoms. The zero-order valence-corrected chi connectivity index (χ0v) is 47.2. The Morgan fingerprint density at radius 2 is 0.797 bits per heavy atom. The molecule has 0 fully saturated rings. The average Bonchev–Trinajstić information content (AvgIpc) is 3.31. The van der Waals surface area contributed by atoms with Gasteiger partial charge >= 0.3 is 13.8 Å². The molecule has 0 aliphatic rings. The molecule has 0 aromatic heterocycles. The van der Waals surface area contributed by atoms with Crippen LogP contribution in [0.15, 0.2) is 48.6 Å². The van der Waals surface area contributed by atoms with Gasteiger partial charge in [0.15, 0.2) is 0 Å². The molecule has 8 nitrogen and oxygen atoms in total. The number of phosphoric acid groups is 1. The van der Waals surface area contributed by atoms with Crippen LogP contribution in [0.3, 0.4) is 0 Å². The number of allylic oxidation sites excluding steroid dienone is 8. The highest BCUT2D eigenvalue weighted by Crippen LogP contribution is 2.43. The summed E-state index contributed by atoms with van der Waals surface area (Å²) in [7, 11) is 1.67. The van der Waals surface area contributed by atoms with E-state index in [1.54, 1.807) is 0 Å². The molecule has 1 N–H and O–H groups in total. The molecule has 9 heteroatoms. The first kappa shape index (κ1) is 67.5. The van der Waals surface area contributed by atoms with Crippen molar-refractivity contribution >= 4 is 13.8 Å². The first-order valence-electron chi connectivity index (χ1n) is 29.4. The van der Waals surface area contributed by atoms with Gasteiger partial charge in [0.25, 0.3) is 0 Å². The van der Waals surface area contributed by atoms with Crippen LogP contribution < -0.4 is 0 Å². The van der Waals surface area contributed by atoms with Crippen molar-refractivity contribution in [2.24, 2.45) is 0 Å². The molecule has 2 atom stereocenters. The number of esters is 1. The molecule has 2 unspecified atom stereocenters. The predicted molar refractivity (Wildman–Crippen MR) is 298 cm³/mol. The lowest BCUT2D eigenvalue weighted by molar-refractivity contribution is -0.870. The van der Waals surface area contributed by atoms with Crippen molar-refractivity contribution in [3.8, 4) is 0 Å². The largest absolute Gasteiger partial charge is 0.472 e. The third kappa shape index (κ3) is 57.2. The van der Waals surface area contributed by atoms with Crippen LogP contribution in [0.2, 0.25) is 0 Å². The number of likely N-dealkylation sites (N-methyl/N-ethyl adjacent to an activating group) is 1. The molecule has 0 rings (SSSR count). The summed E-state index contributed by atoms with van der Waals surface area (Å²) in [5.74, 6) is -0.313. The molecule has 0 saturated carbocycles. The van der Waals surface area contributed by atoms with E-state index in [9.17, 15) is 14.3 Å². The summed E-state index contributed by atoms with van der Waals surface area (Å²) < 4.78 is 35.3. The van der Waals surface area contributed by atoms with Gasteiger partial charge in [-0.25, -0.2) is 4.57 Å². The van der Waals surface area contributed by atoms with E-state index in [0.29, 0.717) is 24.1 Å². The van der Waals surface area contributed by atoms with Gasteiger partial charge in [0.05, 0.1) is 34.4 Å². The Morgan fingerprint density at radius 3 is 1.20 bits per heavy atom. The van der Waals surface area contributed by atoms with Gasteiger partial charge in [0.1, 0.15) is 19.3 Å². The van der Waals surface area contributed by atoms with Crippen molar-refractivity contribution in [1.29, 1.82) is 0 Å². The molecule has 0 spiro atoms. The topological polar surface area (TPSA) is 91.3 Å². The van der Waals surface area contributed by atoms with E-state index in [1.165, 1.54) is 205 Å². The first-order chi connectivity index (χ1) is 33.6. The highest BCUT2D eigenvalue weighted by atomic mass is 31.2. The number of hydrogen-bond donors (Lipinski definition) is 1. The van der Waals surface area contributed by atoms with Crippen molar-refractivity contribution in [3.63, 3.8) is 0 Å². The summed E-state index contributed by atoms with van der Waals surface area (Å²) in [4.78, 5) is 23.1.